The van der Waals surface area contributed by atoms with Gasteiger partial charge in [-0.25, -0.2) is 4.98 Å². The summed E-state index contributed by atoms with van der Waals surface area (Å²) in [4.78, 5) is 37.5. The molecule has 0 atom stereocenters. The number of hydrogen-bond donors (Lipinski definition) is 1. The first-order chi connectivity index (χ1) is 14.1. The minimum absolute atomic E-state index is 0.00563. The zero-order chi connectivity index (χ0) is 20.0. The molecule has 150 valence electrons. The van der Waals surface area contributed by atoms with Crippen molar-refractivity contribution in [2.45, 2.75) is 25.8 Å². The fraction of sp³-hybridized carbons (Fsp3) is 0.400. The lowest BCUT2D eigenvalue weighted by molar-refractivity contribution is -0.384. The van der Waals surface area contributed by atoms with Crippen LogP contribution in [-0.2, 0) is 19.4 Å². The summed E-state index contributed by atoms with van der Waals surface area (Å²) in [5.41, 5.74) is 2.31. The first-order valence-electron chi connectivity index (χ1n) is 9.84. The van der Waals surface area contributed by atoms with Gasteiger partial charge in [0.25, 0.3) is 11.2 Å². The van der Waals surface area contributed by atoms with Gasteiger partial charge in [0.2, 0.25) is 0 Å². The first kappa shape index (κ1) is 18.3. The van der Waals surface area contributed by atoms with E-state index in [9.17, 15) is 14.9 Å². The van der Waals surface area contributed by atoms with Gasteiger partial charge in [-0.15, -0.1) is 11.3 Å². The molecule has 9 heteroatoms. The molecule has 1 fully saturated rings. The predicted molar refractivity (Wildman–Crippen MR) is 113 cm³/mol. The van der Waals surface area contributed by atoms with Gasteiger partial charge in [-0.3, -0.25) is 19.8 Å². The van der Waals surface area contributed by atoms with Crippen molar-refractivity contribution < 1.29 is 4.92 Å². The number of fused-ring (bicyclic) bond motifs is 3. The second kappa shape index (κ2) is 7.23. The van der Waals surface area contributed by atoms with Crippen molar-refractivity contribution in [2.24, 2.45) is 0 Å². The molecule has 0 amide bonds. The number of nitro benzene ring substituents is 1. The number of aryl methyl sites for hydroxylation is 2. The fourth-order valence-electron chi connectivity index (χ4n) is 4.28. The van der Waals surface area contributed by atoms with Crippen LogP contribution in [0.1, 0.15) is 22.7 Å². The van der Waals surface area contributed by atoms with Crippen molar-refractivity contribution in [3.63, 3.8) is 0 Å². The third-order valence-corrected chi connectivity index (χ3v) is 6.98. The van der Waals surface area contributed by atoms with Gasteiger partial charge in [0.05, 0.1) is 16.9 Å². The number of nitrogens with zero attached hydrogens (tertiary/aromatic N) is 4. The molecule has 1 aliphatic heterocycles. The van der Waals surface area contributed by atoms with Crippen LogP contribution in [0.15, 0.2) is 29.1 Å². The predicted octanol–water partition coefficient (Wildman–Crippen LogP) is 2.70. The van der Waals surface area contributed by atoms with Crippen LogP contribution in [0.3, 0.4) is 0 Å². The van der Waals surface area contributed by atoms with Crippen LogP contribution >= 0.6 is 11.3 Å². The number of aromatic nitrogens is 2. The molecule has 1 saturated heterocycles. The Labute approximate surface area is 170 Å². The highest BCUT2D eigenvalue weighted by atomic mass is 32.1. The molecule has 0 saturated carbocycles. The summed E-state index contributed by atoms with van der Waals surface area (Å²) in [6.45, 7) is 3.98. The van der Waals surface area contributed by atoms with Gasteiger partial charge in [-0.1, -0.05) is 0 Å². The lowest BCUT2D eigenvalue weighted by Crippen LogP contribution is -2.46. The summed E-state index contributed by atoms with van der Waals surface area (Å²) in [6, 6.07) is 6.70. The molecule has 0 unspecified atom stereocenters. The monoisotopic (exact) mass is 411 g/mol. The Balaban J connectivity index is 1.26. The molecule has 8 nitrogen and oxygen atoms in total. The summed E-state index contributed by atoms with van der Waals surface area (Å²) in [5.74, 6) is 0.728. The van der Waals surface area contributed by atoms with Gasteiger partial charge >= 0.3 is 0 Å². The number of nitrogens with one attached hydrogen (secondary N) is 1. The molecular weight excluding hydrogens is 390 g/mol. The number of H-pyrrole nitrogens is 1. The standard InChI is InChI=1S/C20H21N5O3S/c26-19-18-15-2-1-3-16(15)29-20(18)22-17(21-19)12-23-8-10-24(11-9-23)13-4-6-14(7-5-13)25(27)28/h4-7H,1-3,8-12H2,(H,21,22,26). The minimum atomic E-state index is -0.380. The van der Waals surface area contributed by atoms with E-state index in [0.717, 1.165) is 67.2 Å². The number of hydrogen-bond acceptors (Lipinski definition) is 7. The normalized spacial score (nSPS) is 17.0. The number of aromatic amines is 1. The SMILES string of the molecule is O=c1[nH]c(CN2CCN(c3ccc([N+](=O)[O-])cc3)CC2)nc2sc3c(c12)CCC3. The Hall–Kier alpha value is -2.78. The van der Waals surface area contributed by atoms with E-state index in [1.54, 1.807) is 35.6 Å². The molecule has 1 N–H and O–H groups in total. The molecule has 2 aliphatic rings. The van der Waals surface area contributed by atoms with E-state index >= 15 is 0 Å². The zero-order valence-electron chi connectivity index (χ0n) is 15.9. The van der Waals surface area contributed by atoms with Gasteiger partial charge in [0.1, 0.15) is 10.7 Å². The Morgan fingerprint density at radius 2 is 1.90 bits per heavy atom. The second-order valence-corrected chi connectivity index (χ2v) is 8.67. The van der Waals surface area contributed by atoms with Crippen molar-refractivity contribution in [1.29, 1.82) is 0 Å². The van der Waals surface area contributed by atoms with Crippen LogP contribution in [0.4, 0.5) is 11.4 Å². The Bertz CT molecular complexity index is 1130. The molecule has 1 aromatic carbocycles. The zero-order valence-corrected chi connectivity index (χ0v) is 16.7. The van der Waals surface area contributed by atoms with E-state index in [-0.39, 0.29) is 16.2 Å². The molecule has 0 spiro atoms. The number of non-ortho nitro benzene ring substituents is 1. The van der Waals surface area contributed by atoms with E-state index in [2.05, 4.69) is 14.8 Å². The highest BCUT2D eigenvalue weighted by Gasteiger charge is 2.23. The second-order valence-electron chi connectivity index (χ2n) is 7.59. The van der Waals surface area contributed by atoms with Crippen molar-refractivity contribution in [3.8, 4) is 0 Å². The van der Waals surface area contributed by atoms with Crippen molar-refractivity contribution in [1.82, 2.24) is 14.9 Å². The molecule has 5 rings (SSSR count). The van der Waals surface area contributed by atoms with E-state index in [1.165, 1.54) is 10.4 Å². The highest BCUT2D eigenvalue weighted by molar-refractivity contribution is 7.18. The van der Waals surface area contributed by atoms with Gasteiger partial charge < -0.3 is 9.88 Å². The van der Waals surface area contributed by atoms with Crippen LogP contribution in [0.25, 0.3) is 10.2 Å². The van der Waals surface area contributed by atoms with E-state index < -0.39 is 0 Å². The number of piperazine rings is 1. The number of benzene rings is 1. The quantitative estimate of drug-likeness (QED) is 0.524. The van der Waals surface area contributed by atoms with E-state index in [0.29, 0.717) is 6.54 Å². The maximum atomic E-state index is 12.6. The number of nitro groups is 1. The van der Waals surface area contributed by atoms with Crippen LogP contribution in [0, 0.1) is 10.1 Å². The van der Waals surface area contributed by atoms with Gasteiger partial charge in [-0.2, -0.15) is 0 Å². The third-order valence-electron chi connectivity index (χ3n) is 5.80. The van der Waals surface area contributed by atoms with Crippen molar-refractivity contribution >= 4 is 32.9 Å². The molecule has 29 heavy (non-hydrogen) atoms. The number of thiophene rings is 1. The molecule has 2 aromatic heterocycles. The molecule has 3 heterocycles. The topological polar surface area (TPSA) is 95.4 Å². The fourth-order valence-corrected chi connectivity index (χ4v) is 5.56. The average Bonchev–Trinajstić information content (AvgIpc) is 3.29. The molecule has 1 aliphatic carbocycles. The third kappa shape index (κ3) is 3.40. The lowest BCUT2D eigenvalue weighted by atomic mass is 10.2. The summed E-state index contributed by atoms with van der Waals surface area (Å²) >= 11 is 1.67. The van der Waals surface area contributed by atoms with Crippen molar-refractivity contribution in [2.75, 3.05) is 31.1 Å². The maximum absolute atomic E-state index is 12.6. The summed E-state index contributed by atoms with van der Waals surface area (Å²) in [7, 11) is 0. The van der Waals surface area contributed by atoms with Gasteiger partial charge in [-0.05, 0) is 37.0 Å². The highest BCUT2D eigenvalue weighted by Crippen LogP contribution is 2.34. The van der Waals surface area contributed by atoms with Crippen LogP contribution in [-0.4, -0.2) is 46.0 Å². The smallest absolute Gasteiger partial charge is 0.269 e. The summed E-state index contributed by atoms with van der Waals surface area (Å²) in [5, 5.41) is 11.6. The first-order valence-corrected chi connectivity index (χ1v) is 10.7. The Kier molecular flexibility index (Phi) is 4.56. The van der Waals surface area contributed by atoms with Gasteiger partial charge in [0, 0.05) is 48.9 Å². The number of rotatable bonds is 4. The molecule has 0 bridgehead atoms. The maximum Gasteiger partial charge on any atom is 0.269 e. The van der Waals surface area contributed by atoms with Crippen LogP contribution < -0.4 is 10.5 Å². The molecule has 0 radical (unpaired) electrons. The minimum Gasteiger partial charge on any atom is -0.369 e. The Morgan fingerprint density at radius 1 is 1.14 bits per heavy atom. The van der Waals surface area contributed by atoms with Crippen LogP contribution in [0.5, 0.6) is 0 Å². The molecular formula is C20H21N5O3S. The molecule has 3 aromatic rings. The van der Waals surface area contributed by atoms with Crippen molar-refractivity contribution in [3.05, 3.63) is 61.0 Å². The summed E-state index contributed by atoms with van der Waals surface area (Å²) < 4.78 is 0. The average molecular weight is 411 g/mol. The van der Waals surface area contributed by atoms with Gasteiger partial charge in [0.15, 0.2) is 0 Å². The summed E-state index contributed by atoms with van der Waals surface area (Å²) in [6.07, 6.45) is 3.19. The van der Waals surface area contributed by atoms with E-state index in [4.69, 9.17) is 4.98 Å². The lowest BCUT2D eigenvalue weighted by Gasteiger charge is -2.35. The van der Waals surface area contributed by atoms with E-state index in [1.807, 2.05) is 0 Å². The van der Waals surface area contributed by atoms with Crippen LogP contribution in [0.2, 0.25) is 0 Å². The largest absolute Gasteiger partial charge is 0.369 e. The number of anilines is 1. The Morgan fingerprint density at radius 3 is 2.62 bits per heavy atom.